The third kappa shape index (κ3) is 3.52. The van der Waals surface area contributed by atoms with Gasteiger partial charge in [0.25, 0.3) is 0 Å². The largest absolute Gasteiger partial charge is 0.493 e. The van der Waals surface area contributed by atoms with Gasteiger partial charge in [-0.2, -0.15) is 5.26 Å². The van der Waals surface area contributed by atoms with Gasteiger partial charge in [0.2, 0.25) is 0 Å². The van der Waals surface area contributed by atoms with Gasteiger partial charge in [0.05, 0.1) is 26.0 Å². The number of hydrogen-bond donors (Lipinski definition) is 0. The van der Waals surface area contributed by atoms with E-state index in [1.54, 1.807) is 32.4 Å². The third-order valence-corrected chi connectivity index (χ3v) is 2.16. The zero-order valence-corrected chi connectivity index (χ0v) is 10.5. The van der Waals surface area contributed by atoms with E-state index in [1.807, 2.05) is 12.1 Å². The summed E-state index contributed by atoms with van der Waals surface area (Å²) >= 11 is 0. The first kappa shape index (κ1) is 13.6. The third-order valence-electron chi connectivity index (χ3n) is 2.16. The molecule has 0 N–H and O–H groups in total. The Morgan fingerprint density at radius 1 is 1.22 bits per heavy atom. The molecule has 1 aromatic rings. The molecule has 0 unspecified atom stereocenters. The number of methoxy groups -OCH3 is 2. The highest BCUT2D eigenvalue weighted by Crippen LogP contribution is 2.28. The average molecular weight is 246 g/mol. The van der Waals surface area contributed by atoms with Crippen molar-refractivity contribution >= 4 is 12.3 Å². The summed E-state index contributed by atoms with van der Waals surface area (Å²) in [6, 6.07) is 7.38. The van der Waals surface area contributed by atoms with Crippen LogP contribution in [0.2, 0.25) is 0 Å². The van der Waals surface area contributed by atoms with E-state index in [0.717, 1.165) is 5.56 Å². The second kappa shape index (κ2) is 6.97. The monoisotopic (exact) mass is 246 g/mol. The first-order chi connectivity index (χ1) is 8.74. The van der Waals surface area contributed by atoms with Crippen LogP contribution in [0, 0.1) is 11.3 Å². The minimum Gasteiger partial charge on any atom is -0.493 e. The van der Waals surface area contributed by atoms with Crippen LogP contribution in [0.4, 0.5) is 0 Å². The second-order valence-corrected chi connectivity index (χ2v) is 3.24. The molecular formula is C13H14N2O3. The van der Waals surface area contributed by atoms with Crippen LogP contribution in [0.15, 0.2) is 28.9 Å². The summed E-state index contributed by atoms with van der Waals surface area (Å²) in [5.74, 6) is 1.24. The maximum Gasteiger partial charge on any atom is 0.161 e. The topological polar surface area (TPSA) is 63.8 Å². The van der Waals surface area contributed by atoms with Gasteiger partial charge in [-0.3, -0.25) is 0 Å². The Hall–Kier alpha value is -2.48. The Balaban J connectivity index is 3.07. The maximum absolute atomic E-state index is 8.92. The molecule has 0 aliphatic carbocycles. The molecule has 1 rings (SSSR count). The van der Waals surface area contributed by atoms with E-state index in [0.29, 0.717) is 17.1 Å². The van der Waals surface area contributed by atoms with Crippen molar-refractivity contribution in [3.63, 3.8) is 0 Å². The van der Waals surface area contributed by atoms with Gasteiger partial charge in [-0.05, 0) is 23.8 Å². The van der Waals surface area contributed by atoms with Crippen molar-refractivity contribution in [3.8, 4) is 17.6 Å². The van der Waals surface area contributed by atoms with Gasteiger partial charge in [-0.25, -0.2) is 0 Å². The fourth-order valence-corrected chi connectivity index (χ4v) is 1.33. The number of allylic oxidation sites excluding steroid dienone is 1. The minimum absolute atomic E-state index is 0.379. The van der Waals surface area contributed by atoms with Crippen LogP contribution in [0.1, 0.15) is 5.56 Å². The van der Waals surface area contributed by atoms with Crippen molar-refractivity contribution in [1.29, 1.82) is 5.26 Å². The van der Waals surface area contributed by atoms with Gasteiger partial charge >= 0.3 is 0 Å². The lowest BCUT2D eigenvalue weighted by Crippen LogP contribution is -1.91. The number of hydrogen-bond acceptors (Lipinski definition) is 5. The van der Waals surface area contributed by atoms with Crippen molar-refractivity contribution in [3.05, 3.63) is 29.3 Å². The summed E-state index contributed by atoms with van der Waals surface area (Å²) in [6.45, 7) is 0. The standard InChI is InChI=1S/C13H14N2O3/c1-16-12-5-4-10(7-13(12)17-2)6-11(8-14)9-15-18-3/h4-7,9H,1-3H3/b11-6+,15-9-. The lowest BCUT2D eigenvalue weighted by molar-refractivity contribution is 0.215. The predicted molar refractivity (Wildman–Crippen MR) is 68.6 cm³/mol. The van der Waals surface area contributed by atoms with Crippen LogP contribution >= 0.6 is 0 Å². The van der Waals surface area contributed by atoms with Crippen molar-refractivity contribution in [2.45, 2.75) is 0 Å². The Morgan fingerprint density at radius 3 is 2.50 bits per heavy atom. The summed E-state index contributed by atoms with van der Waals surface area (Å²) in [5.41, 5.74) is 1.19. The molecule has 0 aliphatic heterocycles. The Kier molecular flexibility index (Phi) is 5.26. The minimum atomic E-state index is 0.379. The quantitative estimate of drug-likeness (QED) is 0.454. The fraction of sp³-hybridized carbons (Fsp3) is 0.231. The molecule has 0 radical (unpaired) electrons. The smallest absolute Gasteiger partial charge is 0.161 e. The van der Waals surface area contributed by atoms with E-state index < -0.39 is 0 Å². The molecule has 0 fully saturated rings. The maximum atomic E-state index is 8.92. The van der Waals surface area contributed by atoms with Crippen LogP contribution in [0.25, 0.3) is 6.08 Å². The van der Waals surface area contributed by atoms with Gasteiger partial charge in [-0.1, -0.05) is 11.2 Å². The lowest BCUT2D eigenvalue weighted by Gasteiger charge is -2.07. The van der Waals surface area contributed by atoms with Crippen LogP contribution in [-0.2, 0) is 4.84 Å². The highest BCUT2D eigenvalue weighted by molar-refractivity contribution is 5.90. The highest BCUT2D eigenvalue weighted by Gasteiger charge is 2.03. The molecule has 0 atom stereocenters. The van der Waals surface area contributed by atoms with Gasteiger partial charge in [0.15, 0.2) is 11.5 Å². The fourth-order valence-electron chi connectivity index (χ4n) is 1.33. The molecule has 18 heavy (non-hydrogen) atoms. The molecule has 5 heteroatoms. The van der Waals surface area contributed by atoms with E-state index in [9.17, 15) is 0 Å². The normalized spacial score (nSPS) is 11.1. The van der Waals surface area contributed by atoms with Gasteiger partial charge in [0, 0.05) is 0 Å². The lowest BCUT2D eigenvalue weighted by atomic mass is 10.1. The number of benzene rings is 1. The molecule has 5 nitrogen and oxygen atoms in total. The zero-order chi connectivity index (χ0) is 13.4. The highest BCUT2D eigenvalue weighted by atomic mass is 16.6. The average Bonchev–Trinajstić information content (AvgIpc) is 2.43. The Morgan fingerprint density at radius 2 is 1.94 bits per heavy atom. The summed E-state index contributed by atoms with van der Waals surface area (Å²) in [4.78, 5) is 4.53. The van der Waals surface area contributed by atoms with Crippen molar-refractivity contribution in [2.24, 2.45) is 5.16 Å². The molecule has 0 aliphatic rings. The van der Waals surface area contributed by atoms with Crippen LogP contribution in [0.5, 0.6) is 11.5 Å². The molecule has 0 amide bonds. The van der Waals surface area contributed by atoms with E-state index in [-0.39, 0.29) is 0 Å². The number of oxime groups is 1. The first-order valence-corrected chi connectivity index (χ1v) is 5.15. The number of rotatable bonds is 5. The first-order valence-electron chi connectivity index (χ1n) is 5.15. The molecule has 0 spiro atoms. The summed E-state index contributed by atoms with van der Waals surface area (Å²) in [5, 5.41) is 12.5. The van der Waals surface area contributed by atoms with Crippen molar-refractivity contribution < 1.29 is 14.3 Å². The van der Waals surface area contributed by atoms with Gasteiger partial charge < -0.3 is 14.3 Å². The van der Waals surface area contributed by atoms with Crippen molar-refractivity contribution in [1.82, 2.24) is 0 Å². The van der Waals surface area contributed by atoms with E-state index in [4.69, 9.17) is 14.7 Å². The predicted octanol–water partition coefficient (Wildman–Crippen LogP) is 2.24. The molecule has 0 heterocycles. The Bertz CT molecular complexity index is 501. The molecule has 0 aromatic heterocycles. The van der Waals surface area contributed by atoms with E-state index in [1.165, 1.54) is 13.3 Å². The molecular weight excluding hydrogens is 232 g/mol. The van der Waals surface area contributed by atoms with Crippen molar-refractivity contribution in [2.75, 3.05) is 21.3 Å². The van der Waals surface area contributed by atoms with Gasteiger partial charge in [-0.15, -0.1) is 0 Å². The van der Waals surface area contributed by atoms with Gasteiger partial charge in [0.1, 0.15) is 13.2 Å². The molecule has 0 saturated heterocycles. The van der Waals surface area contributed by atoms with Crippen LogP contribution in [-0.4, -0.2) is 27.5 Å². The molecule has 0 saturated carbocycles. The second-order valence-electron chi connectivity index (χ2n) is 3.24. The number of nitrogens with zero attached hydrogens (tertiary/aromatic N) is 2. The Labute approximate surface area is 106 Å². The number of ether oxygens (including phenoxy) is 2. The molecule has 94 valence electrons. The summed E-state index contributed by atoms with van der Waals surface area (Å²) in [7, 11) is 4.55. The van der Waals surface area contributed by atoms with E-state index in [2.05, 4.69) is 9.99 Å². The molecule has 1 aromatic carbocycles. The number of nitriles is 1. The van der Waals surface area contributed by atoms with E-state index >= 15 is 0 Å². The summed E-state index contributed by atoms with van der Waals surface area (Å²) in [6.07, 6.45) is 3.02. The summed E-state index contributed by atoms with van der Waals surface area (Å²) < 4.78 is 10.3. The zero-order valence-electron chi connectivity index (χ0n) is 10.5. The molecule has 0 bridgehead atoms. The van der Waals surface area contributed by atoms with Crippen LogP contribution < -0.4 is 9.47 Å². The van der Waals surface area contributed by atoms with Crippen LogP contribution in [0.3, 0.4) is 0 Å². The SMILES string of the molecule is CO/N=C\C(C#N)=C\c1ccc(OC)c(OC)c1.